The van der Waals surface area contributed by atoms with Gasteiger partial charge in [-0.3, -0.25) is 4.99 Å². The SMILES string of the molecule is COCC(C)(C)NC1=NCC(C)CS1. The lowest BCUT2D eigenvalue weighted by atomic mass is 10.1. The van der Waals surface area contributed by atoms with Crippen LogP contribution in [0.3, 0.4) is 0 Å². The number of thioether (sulfide) groups is 1. The smallest absolute Gasteiger partial charge is 0.157 e. The fourth-order valence-corrected chi connectivity index (χ4v) is 2.38. The molecule has 82 valence electrons. The van der Waals surface area contributed by atoms with Gasteiger partial charge in [0, 0.05) is 19.4 Å². The number of ether oxygens (including phenoxy) is 1. The average molecular weight is 216 g/mol. The fourth-order valence-electron chi connectivity index (χ4n) is 1.32. The van der Waals surface area contributed by atoms with Crippen LogP contribution >= 0.6 is 11.8 Å². The van der Waals surface area contributed by atoms with E-state index in [-0.39, 0.29) is 5.54 Å². The first-order chi connectivity index (χ1) is 6.53. The maximum atomic E-state index is 5.14. The summed E-state index contributed by atoms with van der Waals surface area (Å²) in [6, 6.07) is 0. The summed E-state index contributed by atoms with van der Waals surface area (Å²) < 4.78 is 5.14. The third-order valence-electron chi connectivity index (χ3n) is 2.00. The molecule has 0 aliphatic carbocycles. The molecule has 0 aromatic carbocycles. The van der Waals surface area contributed by atoms with Crippen molar-refractivity contribution in [3.05, 3.63) is 0 Å². The molecule has 0 radical (unpaired) electrons. The van der Waals surface area contributed by atoms with Gasteiger partial charge in [0.2, 0.25) is 0 Å². The van der Waals surface area contributed by atoms with Crippen molar-refractivity contribution >= 4 is 16.9 Å². The van der Waals surface area contributed by atoms with E-state index in [1.807, 2.05) is 11.8 Å². The zero-order valence-electron chi connectivity index (χ0n) is 9.46. The summed E-state index contributed by atoms with van der Waals surface area (Å²) in [4.78, 5) is 4.49. The molecule has 0 fully saturated rings. The minimum absolute atomic E-state index is 0.0266. The number of hydrogen-bond acceptors (Lipinski definition) is 4. The van der Waals surface area contributed by atoms with Crippen molar-refractivity contribution in [1.82, 2.24) is 5.32 Å². The van der Waals surface area contributed by atoms with E-state index in [2.05, 4.69) is 31.1 Å². The summed E-state index contributed by atoms with van der Waals surface area (Å²) in [6.07, 6.45) is 0. The molecule has 0 amide bonds. The highest BCUT2D eigenvalue weighted by molar-refractivity contribution is 8.13. The van der Waals surface area contributed by atoms with Crippen LogP contribution in [-0.2, 0) is 4.74 Å². The zero-order valence-corrected chi connectivity index (χ0v) is 10.3. The molecular weight excluding hydrogens is 196 g/mol. The number of nitrogens with zero attached hydrogens (tertiary/aromatic N) is 1. The lowest BCUT2D eigenvalue weighted by molar-refractivity contribution is 0.140. The van der Waals surface area contributed by atoms with Gasteiger partial charge in [-0.2, -0.15) is 0 Å². The minimum Gasteiger partial charge on any atom is -0.382 e. The van der Waals surface area contributed by atoms with Gasteiger partial charge in [-0.1, -0.05) is 18.7 Å². The molecule has 0 spiro atoms. The second kappa shape index (κ2) is 5.03. The van der Waals surface area contributed by atoms with Crippen molar-refractivity contribution in [1.29, 1.82) is 0 Å². The van der Waals surface area contributed by atoms with Gasteiger partial charge in [0.15, 0.2) is 5.17 Å². The second-order valence-electron chi connectivity index (χ2n) is 4.50. The predicted octanol–water partition coefficient (Wildman–Crippen LogP) is 1.74. The number of nitrogens with one attached hydrogen (secondary N) is 1. The lowest BCUT2D eigenvalue weighted by Crippen LogP contribution is -2.46. The molecular formula is C10H20N2OS. The van der Waals surface area contributed by atoms with E-state index < -0.39 is 0 Å². The Morgan fingerprint density at radius 3 is 2.86 bits per heavy atom. The van der Waals surface area contributed by atoms with Crippen LogP contribution in [0, 0.1) is 5.92 Å². The Kier molecular flexibility index (Phi) is 4.26. The van der Waals surface area contributed by atoms with E-state index in [0.717, 1.165) is 17.5 Å². The van der Waals surface area contributed by atoms with Crippen molar-refractivity contribution in [2.24, 2.45) is 10.9 Å². The highest BCUT2D eigenvalue weighted by Gasteiger charge is 2.21. The summed E-state index contributed by atoms with van der Waals surface area (Å²) in [7, 11) is 1.72. The lowest BCUT2D eigenvalue weighted by Gasteiger charge is -2.29. The van der Waals surface area contributed by atoms with Crippen LogP contribution in [0.5, 0.6) is 0 Å². The van der Waals surface area contributed by atoms with Crippen molar-refractivity contribution in [2.45, 2.75) is 26.3 Å². The fraction of sp³-hybridized carbons (Fsp3) is 0.900. The van der Waals surface area contributed by atoms with Crippen LogP contribution in [0.2, 0.25) is 0 Å². The van der Waals surface area contributed by atoms with Gasteiger partial charge in [0.05, 0.1) is 12.1 Å². The first-order valence-corrected chi connectivity index (χ1v) is 5.96. The molecule has 0 saturated carbocycles. The molecule has 0 saturated heterocycles. The van der Waals surface area contributed by atoms with E-state index in [9.17, 15) is 0 Å². The first-order valence-electron chi connectivity index (χ1n) is 4.98. The Morgan fingerprint density at radius 1 is 1.64 bits per heavy atom. The standard InChI is InChI=1S/C10H20N2OS/c1-8-5-11-9(14-6-8)12-10(2,3)7-13-4/h8H,5-7H2,1-4H3,(H,11,12). The molecule has 1 atom stereocenters. The number of rotatable bonds is 3. The van der Waals surface area contributed by atoms with Crippen LogP contribution in [0.15, 0.2) is 4.99 Å². The van der Waals surface area contributed by atoms with Crippen LogP contribution in [-0.4, -0.2) is 36.7 Å². The van der Waals surface area contributed by atoms with Crippen LogP contribution < -0.4 is 5.32 Å². The summed E-state index contributed by atoms with van der Waals surface area (Å²) in [5.74, 6) is 1.87. The van der Waals surface area contributed by atoms with E-state index >= 15 is 0 Å². The maximum absolute atomic E-state index is 5.14. The zero-order chi connectivity index (χ0) is 10.6. The summed E-state index contributed by atoms with van der Waals surface area (Å²) >= 11 is 1.81. The number of methoxy groups -OCH3 is 1. The molecule has 1 rings (SSSR count). The second-order valence-corrected chi connectivity index (χ2v) is 5.51. The van der Waals surface area contributed by atoms with E-state index in [1.165, 1.54) is 0 Å². The Morgan fingerprint density at radius 2 is 2.36 bits per heavy atom. The average Bonchev–Trinajstić information content (AvgIpc) is 2.08. The third-order valence-corrected chi connectivity index (χ3v) is 3.24. The molecule has 1 heterocycles. The Hall–Kier alpha value is -0.220. The van der Waals surface area contributed by atoms with Gasteiger partial charge in [0.1, 0.15) is 0 Å². The van der Waals surface area contributed by atoms with Crippen molar-refractivity contribution in [2.75, 3.05) is 26.0 Å². The molecule has 1 unspecified atom stereocenters. The molecule has 4 heteroatoms. The third kappa shape index (κ3) is 3.88. The van der Waals surface area contributed by atoms with E-state index in [4.69, 9.17) is 4.74 Å². The topological polar surface area (TPSA) is 33.6 Å². The first kappa shape index (κ1) is 11.9. The van der Waals surface area contributed by atoms with Crippen LogP contribution in [0.4, 0.5) is 0 Å². The summed E-state index contributed by atoms with van der Waals surface area (Å²) in [6.45, 7) is 8.11. The molecule has 1 aliphatic heterocycles. The predicted molar refractivity (Wildman–Crippen MR) is 63.0 cm³/mol. The minimum atomic E-state index is -0.0266. The maximum Gasteiger partial charge on any atom is 0.157 e. The Labute approximate surface area is 90.7 Å². The monoisotopic (exact) mass is 216 g/mol. The normalized spacial score (nSPS) is 23.1. The number of aliphatic imine (C=N–C) groups is 1. The summed E-state index contributed by atoms with van der Waals surface area (Å²) in [5, 5.41) is 4.46. The molecule has 0 bridgehead atoms. The highest BCUT2D eigenvalue weighted by atomic mass is 32.2. The van der Waals surface area contributed by atoms with Crippen molar-refractivity contribution in [3.63, 3.8) is 0 Å². The number of hydrogen-bond donors (Lipinski definition) is 1. The van der Waals surface area contributed by atoms with Gasteiger partial charge < -0.3 is 10.1 Å². The van der Waals surface area contributed by atoms with Gasteiger partial charge >= 0.3 is 0 Å². The Balaban J connectivity index is 2.44. The van der Waals surface area contributed by atoms with Gasteiger partial charge in [0.25, 0.3) is 0 Å². The van der Waals surface area contributed by atoms with Gasteiger partial charge in [-0.05, 0) is 19.8 Å². The molecule has 14 heavy (non-hydrogen) atoms. The summed E-state index contributed by atoms with van der Waals surface area (Å²) in [5.41, 5.74) is -0.0266. The Bertz CT molecular complexity index is 216. The van der Waals surface area contributed by atoms with Crippen LogP contribution in [0.1, 0.15) is 20.8 Å². The number of amidine groups is 1. The van der Waals surface area contributed by atoms with Gasteiger partial charge in [-0.15, -0.1) is 0 Å². The van der Waals surface area contributed by atoms with E-state index in [0.29, 0.717) is 12.5 Å². The van der Waals surface area contributed by atoms with E-state index in [1.54, 1.807) is 7.11 Å². The highest BCUT2D eigenvalue weighted by Crippen LogP contribution is 2.17. The van der Waals surface area contributed by atoms with Crippen LogP contribution in [0.25, 0.3) is 0 Å². The largest absolute Gasteiger partial charge is 0.382 e. The molecule has 1 N–H and O–H groups in total. The van der Waals surface area contributed by atoms with Crippen molar-refractivity contribution < 1.29 is 4.74 Å². The molecule has 0 aromatic rings. The molecule has 0 aromatic heterocycles. The molecule has 3 nitrogen and oxygen atoms in total. The quantitative estimate of drug-likeness (QED) is 0.780. The van der Waals surface area contributed by atoms with Gasteiger partial charge in [-0.25, -0.2) is 0 Å². The van der Waals surface area contributed by atoms with Crippen molar-refractivity contribution in [3.8, 4) is 0 Å². The molecule has 1 aliphatic rings.